The summed E-state index contributed by atoms with van der Waals surface area (Å²) in [5, 5.41) is 11.1. The molecule has 2 heteroatoms. The number of fused-ring (bicyclic) bond motifs is 1. The van der Waals surface area contributed by atoms with Crippen molar-refractivity contribution >= 4 is 22.9 Å². The number of rotatable bonds is 2. The molecular formula is C17H11NO. The van der Waals surface area contributed by atoms with Gasteiger partial charge in [-0.25, -0.2) is 0 Å². The molecule has 0 N–H and O–H groups in total. The van der Waals surface area contributed by atoms with E-state index in [2.05, 4.69) is 12.1 Å². The van der Waals surface area contributed by atoms with Crippen molar-refractivity contribution in [1.29, 1.82) is 5.26 Å². The molecule has 1 aromatic heterocycles. The van der Waals surface area contributed by atoms with Crippen molar-refractivity contribution in [1.82, 2.24) is 0 Å². The van der Waals surface area contributed by atoms with Crippen LogP contribution in [-0.4, -0.2) is 0 Å². The highest BCUT2D eigenvalue weighted by Gasteiger charge is 1.97. The van der Waals surface area contributed by atoms with Crippen molar-refractivity contribution in [3.63, 3.8) is 0 Å². The summed E-state index contributed by atoms with van der Waals surface area (Å²) in [5.74, 6) is 0.833. The summed E-state index contributed by atoms with van der Waals surface area (Å²) in [6, 6.07) is 17.8. The lowest BCUT2D eigenvalue weighted by Crippen LogP contribution is -1.78. The third-order valence-corrected chi connectivity index (χ3v) is 2.98. The van der Waals surface area contributed by atoms with Crippen molar-refractivity contribution in [2.45, 2.75) is 0 Å². The highest BCUT2D eigenvalue weighted by Crippen LogP contribution is 2.19. The number of nitrogens with zero attached hydrogens (tertiary/aromatic N) is 1. The Balaban J connectivity index is 1.96. The predicted octanol–water partition coefficient (Wildman–Crippen LogP) is 4.47. The minimum atomic E-state index is 0.686. The van der Waals surface area contributed by atoms with E-state index >= 15 is 0 Å². The Labute approximate surface area is 111 Å². The first-order chi connectivity index (χ1) is 9.35. The number of nitriles is 1. The maximum Gasteiger partial charge on any atom is 0.126 e. The molecule has 19 heavy (non-hydrogen) atoms. The van der Waals surface area contributed by atoms with Crippen LogP contribution in [0.5, 0.6) is 0 Å². The molecule has 3 aromatic rings. The van der Waals surface area contributed by atoms with Crippen LogP contribution in [0.1, 0.15) is 16.9 Å². The second-order valence-electron chi connectivity index (χ2n) is 4.28. The normalized spacial score (nSPS) is 10.9. The van der Waals surface area contributed by atoms with Crippen molar-refractivity contribution in [3.8, 4) is 6.07 Å². The van der Waals surface area contributed by atoms with E-state index in [1.807, 2.05) is 54.6 Å². The SMILES string of the molecule is N#Cc1ccc2cc(C=Cc3ccco3)ccc2c1. The first-order valence-corrected chi connectivity index (χ1v) is 6.01. The summed E-state index contributed by atoms with van der Waals surface area (Å²) in [6.45, 7) is 0. The van der Waals surface area contributed by atoms with Gasteiger partial charge in [0.15, 0.2) is 0 Å². The van der Waals surface area contributed by atoms with Gasteiger partial charge in [0.2, 0.25) is 0 Å². The standard InChI is InChI=1S/C17H11NO/c18-12-14-4-7-15-10-13(3-6-16(15)11-14)5-8-17-2-1-9-19-17/h1-11H. The molecule has 0 saturated heterocycles. The van der Waals surface area contributed by atoms with Crippen LogP contribution in [0.3, 0.4) is 0 Å². The fourth-order valence-electron chi connectivity index (χ4n) is 2.00. The van der Waals surface area contributed by atoms with E-state index in [-0.39, 0.29) is 0 Å². The molecule has 0 aliphatic heterocycles. The molecule has 2 aromatic carbocycles. The van der Waals surface area contributed by atoms with Crippen molar-refractivity contribution < 1.29 is 4.42 Å². The van der Waals surface area contributed by atoms with Gasteiger partial charge in [-0.05, 0) is 52.7 Å². The maximum absolute atomic E-state index is 8.87. The Morgan fingerprint density at radius 1 is 0.947 bits per heavy atom. The van der Waals surface area contributed by atoms with Gasteiger partial charge >= 0.3 is 0 Å². The fourth-order valence-corrected chi connectivity index (χ4v) is 2.00. The number of hydrogen-bond acceptors (Lipinski definition) is 2. The van der Waals surface area contributed by atoms with Gasteiger partial charge in [-0.2, -0.15) is 5.26 Å². The lowest BCUT2D eigenvalue weighted by molar-refractivity contribution is 0.557. The van der Waals surface area contributed by atoms with Gasteiger partial charge < -0.3 is 4.42 Å². The topological polar surface area (TPSA) is 36.9 Å². The van der Waals surface area contributed by atoms with Crippen LogP contribution < -0.4 is 0 Å². The summed E-state index contributed by atoms with van der Waals surface area (Å²) in [7, 11) is 0. The Morgan fingerprint density at radius 2 is 1.79 bits per heavy atom. The van der Waals surface area contributed by atoms with Crippen molar-refractivity contribution in [3.05, 3.63) is 71.7 Å². The molecule has 0 unspecified atom stereocenters. The summed E-state index contributed by atoms with van der Waals surface area (Å²) >= 11 is 0. The summed E-state index contributed by atoms with van der Waals surface area (Å²) in [4.78, 5) is 0. The van der Waals surface area contributed by atoms with Crippen LogP contribution in [-0.2, 0) is 0 Å². The van der Waals surface area contributed by atoms with E-state index in [1.165, 1.54) is 0 Å². The van der Waals surface area contributed by atoms with Crippen LogP contribution in [0.4, 0.5) is 0 Å². The minimum Gasteiger partial charge on any atom is -0.465 e. The smallest absolute Gasteiger partial charge is 0.126 e. The molecule has 0 aliphatic rings. The van der Waals surface area contributed by atoms with E-state index in [4.69, 9.17) is 9.68 Å². The molecule has 90 valence electrons. The Bertz CT molecular complexity index is 777. The van der Waals surface area contributed by atoms with Gasteiger partial charge in [0.05, 0.1) is 17.9 Å². The number of benzene rings is 2. The second kappa shape index (κ2) is 4.83. The molecule has 0 bridgehead atoms. The average Bonchev–Trinajstić information content (AvgIpc) is 2.97. The summed E-state index contributed by atoms with van der Waals surface area (Å²) in [6.07, 6.45) is 5.60. The number of furan rings is 1. The van der Waals surface area contributed by atoms with Gasteiger partial charge in [0.25, 0.3) is 0 Å². The Kier molecular flexibility index (Phi) is 2.88. The van der Waals surface area contributed by atoms with E-state index < -0.39 is 0 Å². The summed E-state index contributed by atoms with van der Waals surface area (Å²) in [5.41, 5.74) is 1.79. The monoisotopic (exact) mass is 245 g/mol. The summed E-state index contributed by atoms with van der Waals surface area (Å²) < 4.78 is 5.25. The van der Waals surface area contributed by atoms with E-state index in [9.17, 15) is 0 Å². The van der Waals surface area contributed by atoms with Gasteiger partial charge in [-0.15, -0.1) is 0 Å². The van der Waals surface area contributed by atoms with E-state index in [0.717, 1.165) is 22.1 Å². The largest absolute Gasteiger partial charge is 0.465 e. The fraction of sp³-hybridized carbons (Fsp3) is 0. The molecule has 2 nitrogen and oxygen atoms in total. The van der Waals surface area contributed by atoms with Crippen LogP contribution in [0.15, 0.2) is 59.2 Å². The van der Waals surface area contributed by atoms with Crippen molar-refractivity contribution in [2.24, 2.45) is 0 Å². The molecule has 3 rings (SSSR count). The van der Waals surface area contributed by atoms with Crippen LogP contribution in [0.25, 0.3) is 22.9 Å². The van der Waals surface area contributed by atoms with Crippen molar-refractivity contribution in [2.75, 3.05) is 0 Å². The molecule has 0 amide bonds. The number of hydrogen-bond donors (Lipinski definition) is 0. The zero-order chi connectivity index (χ0) is 13.1. The van der Waals surface area contributed by atoms with Crippen LogP contribution in [0, 0.1) is 11.3 Å². The zero-order valence-electron chi connectivity index (χ0n) is 10.2. The highest BCUT2D eigenvalue weighted by atomic mass is 16.3. The third-order valence-electron chi connectivity index (χ3n) is 2.98. The Morgan fingerprint density at radius 3 is 2.58 bits per heavy atom. The van der Waals surface area contributed by atoms with E-state index in [1.54, 1.807) is 6.26 Å². The molecular weight excluding hydrogens is 234 g/mol. The quantitative estimate of drug-likeness (QED) is 0.667. The van der Waals surface area contributed by atoms with Gasteiger partial charge in [-0.3, -0.25) is 0 Å². The Hall–Kier alpha value is -2.79. The molecule has 0 atom stereocenters. The van der Waals surface area contributed by atoms with Gasteiger partial charge in [0.1, 0.15) is 5.76 Å². The highest BCUT2D eigenvalue weighted by molar-refractivity contribution is 5.86. The molecule has 1 heterocycles. The first-order valence-electron chi connectivity index (χ1n) is 6.01. The van der Waals surface area contributed by atoms with Gasteiger partial charge in [0, 0.05) is 0 Å². The molecule has 0 fully saturated rings. The second-order valence-corrected chi connectivity index (χ2v) is 4.28. The minimum absolute atomic E-state index is 0.686. The molecule has 0 saturated carbocycles. The average molecular weight is 245 g/mol. The van der Waals surface area contributed by atoms with Crippen LogP contribution >= 0.6 is 0 Å². The first kappa shape index (κ1) is 11.3. The maximum atomic E-state index is 8.87. The molecule has 0 radical (unpaired) electrons. The zero-order valence-corrected chi connectivity index (χ0v) is 10.2. The lowest BCUT2D eigenvalue weighted by Gasteiger charge is -2.00. The predicted molar refractivity (Wildman–Crippen MR) is 76.3 cm³/mol. The molecule has 0 spiro atoms. The van der Waals surface area contributed by atoms with Gasteiger partial charge in [-0.1, -0.05) is 24.3 Å². The van der Waals surface area contributed by atoms with E-state index in [0.29, 0.717) is 5.56 Å². The molecule has 0 aliphatic carbocycles. The third kappa shape index (κ3) is 2.41. The lowest BCUT2D eigenvalue weighted by atomic mass is 10.0. The van der Waals surface area contributed by atoms with Crippen LogP contribution in [0.2, 0.25) is 0 Å².